The fourth-order valence-electron chi connectivity index (χ4n) is 7.37. The van der Waals surface area contributed by atoms with E-state index in [4.69, 9.17) is 20.2 Å². The van der Waals surface area contributed by atoms with Gasteiger partial charge in [0, 0.05) is 49.9 Å². The largest absolute Gasteiger partial charge is 0.285 e. The van der Waals surface area contributed by atoms with Crippen molar-refractivity contribution in [1.82, 2.24) is 29.5 Å². The molecule has 301 valence electrons. The Labute approximate surface area is 363 Å². The van der Waals surface area contributed by atoms with Crippen molar-refractivity contribution in [2.75, 3.05) is 0 Å². The number of rotatable bonds is 10. The van der Waals surface area contributed by atoms with E-state index in [1.54, 1.807) is 0 Å². The van der Waals surface area contributed by atoms with Gasteiger partial charge in [-0.15, -0.1) is 35.4 Å². The summed E-state index contributed by atoms with van der Waals surface area (Å²) in [5, 5.41) is 9.75. The molecule has 0 saturated carbocycles. The molecule has 1 radical (unpaired) electrons. The van der Waals surface area contributed by atoms with Crippen LogP contribution in [0.15, 0.2) is 140 Å². The molecule has 0 atom stereocenters. The molecule has 8 aromatic rings. The van der Waals surface area contributed by atoms with E-state index in [1.807, 2.05) is 22.9 Å². The molecule has 0 aliphatic rings. The Morgan fingerprint density at radius 3 is 1.36 bits per heavy atom. The van der Waals surface area contributed by atoms with Gasteiger partial charge in [-0.25, -0.2) is 9.67 Å². The van der Waals surface area contributed by atoms with Gasteiger partial charge >= 0.3 is 0 Å². The molecular formula is C52H53IrN6-. The summed E-state index contributed by atoms with van der Waals surface area (Å²) in [5.41, 5.74) is 13.8. The molecule has 0 N–H and O–H groups in total. The first-order valence-corrected chi connectivity index (χ1v) is 20.3. The Bertz CT molecular complexity index is 2400. The predicted molar refractivity (Wildman–Crippen MR) is 240 cm³/mol. The van der Waals surface area contributed by atoms with Crippen molar-refractivity contribution in [1.29, 1.82) is 0 Å². The first-order chi connectivity index (χ1) is 28.0. The maximum atomic E-state index is 4.97. The molecule has 2 heterocycles. The average molecular weight is 954 g/mol. The summed E-state index contributed by atoms with van der Waals surface area (Å²) in [6, 6.07) is 52.0. The topological polar surface area (TPSA) is 61.4 Å². The summed E-state index contributed by atoms with van der Waals surface area (Å²) < 4.78 is 4.08. The van der Waals surface area contributed by atoms with Crippen LogP contribution in [-0.4, -0.2) is 29.5 Å². The first kappa shape index (κ1) is 42.8. The zero-order chi connectivity index (χ0) is 40.8. The van der Waals surface area contributed by atoms with Gasteiger partial charge in [-0.3, -0.25) is 9.67 Å². The van der Waals surface area contributed by atoms with Crippen LogP contribution in [0.25, 0.3) is 67.8 Å². The van der Waals surface area contributed by atoms with Gasteiger partial charge in [0.25, 0.3) is 0 Å². The molecular weight excluding hydrogens is 901 g/mol. The van der Waals surface area contributed by atoms with Crippen molar-refractivity contribution < 1.29 is 20.1 Å². The molecule has 7 heteroatoms. The molecule has 0 amide bonds. The Morgan fingerprint density at radius 2 is 0.864 bits per heavy atom. The minimum atomic E-state index is 0. The number of hydrogen-bond acceptors (Lipinski definition) is 4. The Morgan fingerprint density at radius 1 is 0.441 bits per heavy atom. The molecule has 0 spiro atoms. The molecule has 0 saturated heterocycles. The standard InChI is InChI=1S/C26H27N3.C26H26N3.Ir/c2*1-18(2)17-29-26(27-25(28-29)24-14-19(3)13-20(4)15-24)23-12-8-11-22(16-23)21-9-6-5-7-10-21;/h5-16,18H,17H2,1-4H3;5-11,13-16,18H,17H2,1-4H3;/q;-1;. The van der Waals surface area contributed by atoms with Crippen LogP contribution in [-0.2, 0) is 33.2 Å². The summed E-state index contributed by atoms with van der Waals surface area (Å²) in [6.45, 7) is 18.9. The first-order valence-electron chi connectivity index (χ1n) is 20.3. The van der Waals surface area contributed by atoms with Crippen molar-refractivity contribution in [3.05, 3.63) is 168 Å². The van der Waals surface area contributed by atoms with Gasteiger partial charge in [-0.1, -0.05) is 141 Å². The summed E-state index contributed by atoms with van der Waals surface area (Å²) in [7, 11) is 0. The Hall–Kier alpha value is -5.75. The second-order valence-corrected chi connectivity index (χ2v) is 16.2. The van der Waals surface area contributed by atoms with Crippen LogP contribution >= 0.6 is 0 Å². The number of hydrogen-bond donors (Lipinski definition) is 0. The summed E-state index contributed by atoms with van der Waals surface area (Å²) in [6.07, 6.45) is 0. The van der Waals surface area contributed by atoms with Crippen LogP contribution in [0.2, 0.25) is 0 Å². The quantitative estimate of drug-likeness (QED) is 0.128. The Kier molecular flexibility index (Phi) is 14.0. The molecule has 2 aromatic heterocycles. The number of benzene rings is 6. The minimum Gasteiger partial charge on any atom is -0.285 e. The minimum absolute atomic E-state index is 0. The molecule has 8 rings (SSSR count). The molecule has 6 nitrogen and oxygen atoms in total. The summed E-state index contributed by atoms with van der Waals surface area (Å²) in [5.74, 6) is 4.31. The van der Waals surface area contributed by atoms with Crippen molar-refractivity contribution in [2.24, 2.45) is 11.8 Å². The third-order valence-electron chi connectivity index (χ3n) is 9.76. The molecule has 0 unspecified atom stereocenters. The molecule has 59 heavy (non-hydrogen) atoms. The van der Waals surface area contributed by atoms with Gasteiger partial charge in [-0.05, 0) is 86.6 Å². The fourth-order valence-corrected chi connectivity index (χ4v) is 7.37. The second-order valence-electron chi connectivity index (χ2n) is 16.2. The number of aromatic nitrogens is 6. The zero-order valence-electron chi connectivity index (χ0n) is 35.4. The molecule has 0 aliphatic carbocycles. The normalized spacial score (nSPS) is 11.0. The zero-order valence-corrected chi connectivity index (χ0v) is 37.8. The maximum absolute atomic E-state index is 4.97. The SMILES string of the molecule is Cc1cc(C)cc(-c2nc(-c3[c-]ccc(-c4ccccc4)c3)n(CC(C)C)n2)c1.Cc1cc(C)cc(-c2nc(-c3cccc(-c4ccccc4)c3)n(CC(C)C)n2)c1.[Ir]. The fraction of sp³-hybridized carbons (Fsp3) is 0.231. The third kappa shape index (κ3) is 10.9. The van der Waals surface area contributed by atoms with E-state index in [-0.39, 0.29) is 20.1 Å². The van der Waals surface area contributed by atoms with Crippen molar-refractivity contribution in [2.45, 2.75) is 68.5 Å². The van der Waals surface area contributed by atoms with Gasteiger partial charge < -0.3 is 0 Å². The van der Waals surface area contributed by atoms with Crippen LogP contribution in [0.3, 0.4) is 0 Å². The molecule has 0 aliphatic heterocycles. The van der Waals surface area contributed by atoms with Crippen LogP contribution in [0.5, 0.6) is 0 Å². The maximum Gasteiger partial charge on any atom is 0.181 e. The predicted octanol–water partition coefficient (Wildman–Crippen LogP) is 12.9. The van der Waals surface area contributed by atoms with Crippen LogP contribution < -0.4 is 0 Å². The monoisotopic (exact) mass is 954 g/mol. The van der Waals surface area contributed by atoms with Crippen LogP contribution in [0, 0.1) is 45.6 Å². The van der Waals surface area contributed by atoms with E-state index < -0.39 is 0 Å². The van der Waals surface area contributed by atoms with E-state index in [0.29, 0.717) is 11.8 Å². The van der Waals surface area contributed by atoms with Crippen molar-refractivity contribution in [3.63, 3.8) is 0 Å². The smallest absolute Gasteiger partial charge is 0.181 e. The second kappa shape index (κ2) is 19.3. The van der Waals surface area contributed by atoms with Crippen LogP contribution in [0.1, 0.15) is 49.9 Å². The van der Waals surface area contributed by atoms with E-state index >= 15 is 0 Å². The van der Waals surface area contributed by atoms with Crippen LogP contribution in [0.4, 0.5) is 0 Å². The third-order valence-corrected chi connectivity index (χ3v) is 9.76. The van der Waals surface area contributed by atoms with Crippen molar-refractivity contribution in [3.8, 4) is 67.8 Å². The van der Waals surface area contributed by atoms with Gasteiger partial charge in [0.2, 0.25) is 0 Å². The van der Waals surface area contributed by atoms with Crippen molar-refractivity contribution >= 4 is 0 Å². The van der Waals surface area contributed by atoms with E-state index in [2.05, 4.69) is 187 Å². The summed E-state index contributed by atoms with van der Waals surface area (Å²) in [4.78, 5) is 9.91. The molecule has 6 aromatic carbocycles. The molecule has 0 fully saturated rings. The summed E-state index contributed by atoms with van der Waals surface area (Å²) >= 11 is 0. The van der Waals surface area contributed by atoms with Gasteiger partial charge in [0.15, 0.2) is 17.5 Å². The molecule has 0 bridgehead atoms. The van der Waals surface area contributed by atoms with E-state index in [9.17, 15) is 0 Å². The van der Waals surface area contributed by atoms with E-state index in [0.717, 1.165) is 64.2 Å². The van der Waals surface area contributed by atoms with Gasteiger partial charge in [-0.2, -0.15) is 10.2 Å². The van der Waals surface area contributed by atoms with Gasteiger partial charge in [0.1, 0.15) is 0 Å². The Balaban J connectivity index is 0.000000195. The number of nitrogens with zero attached hydrogens (tertiary/aromatic N) is 6. The number of aryl methyl sites for hydroxylation is 4. The van der Waals surface area contributed by atoms with E-state index in [1.165, 1.54) is 38.9 Å². The van der Waals surface area contributed by atoms with Gasteiger partial charge in [0.05, 0.1) is 5.82 Å². The average Bonchev–Trinajstić information content (AvgIpc) is 3.82.